The average molecular weight is 373 g/mol. The number of H-pyrrole nitrogens is 1. The molecule has 0 saturated heterocycles. The molecule has 5 rings (SSSR count). The molecule has 0 spiro atoms. The molecule has 0 saturated carbocycles. The first-order chi connectivity index (χ1) is 13.5. The molecule has 6 heteroatoms. The van der Waals surface area contributed by atoms with Crippen LogP contribution in [-0.2, 0) is 0 Å². The summed E-state index contributed by atoms with van der Waals surface area (Å²) in [5.41, 5.74) is 7.57. The number of likely N-dealkylation sites (N-methyl/N-ethyl adjacent to an activating group) is 1. The van der Waals surface area contributed by atoms with Crippen LogP contribution in [0.4, 0.5) is 5.82 Å². The number of aryl methyl sites for hydroxylation is 1. The molecule has 28 heavy (non-hydrogen) atoms. The van der Waals surface area contributed by atoms with Crippen molar-refractivity contribution in [2.45, 2.75) is 26.2 Å². The van der Waals surface area contributed by atoms with E-state index in [2.05, 4.69) is 35.2 Å². The van der Waals surface area contributed by atoms with Gasteiger partial charge in [0.25, 0.3) is 5.91 Å². The average Bonchev–Trinajstić information content (AvgIpc) is 3.12. The lowest BCUT2D eigenvalue weighted by Gasteiger charge is -2.23. The van der Waals surface area contributed by atoms with Gasteiger partial charge in [-0.05, 0) is 32.4 Å². The lowest BCUT2D eigenvalue weighted by atomic mass is 9.93. The Morgan fingerprint density at radius 1 is 1.18 bits per heavy atom. The number of carbonyl (C=O) groups excluding carboxylic acids is 1. The Hall–Kier alpha value is -3.15. The third kappa shape index (κ3) is 2.59. The van der Waals surface area contributed by atoms with Gasteiger partial charge in [0.05, 0.1) is 16.8 Å². The van der Waals surface area contributed by atoms with Crippen LogP contribution in [0.25, 0.3) is 22.3 Å². The van der Waals surface area contributed by atoms with Gasteiger partial charge in [-0.1, -0.05) is 23.8 Å². The van der Waals surface area contributed by atoms with Crippen molar-refractivity contribution >= 4 is 22.8 Å². The van der Waals surface area contributed by atoms with Crippen LogP contribution in [-0.4, -0.2) is 41.0 Å². The summed E-state index contributed by atoms with van der Waals surface area (Å²) in [7, 11) is 2.06. The summed E-state index contributed by atoms with van der Waals surface area (Å²) in [6, 6.07) is 7.99. The highest BCUT2D eigenvalue weighted by Crippen LogP contribution is 2.34. The van der Waals surface area contributed by atoms with E-state index in [0.29, 0.717) is 6.54 Å². The molecule has 3 aromatic rings. The maximum absolute atomic E-state index is 12.4. The maximum atomic E-state index is 12.4. The second-order valence-corrected chi connectivity index (χ2v) is 7.87. The van der Waals surface area contributed by atoms with Gasteiger partial charge in [-0.2, -0.15) is 0 Å². The number of allylic oxidation sites excluding steroid dienone is 1. The fraction of sp³-hybridized carbons (Fsp3) is 0.318. The number of benzene rings is 1. The van der Waals surface area contributed by atoms with Crippen molar-refractivity contribution in [2.75, 3.05) is 25.0 Å². The topological polar surface area (TPSA) is 73.9 Å². The van der Waals surface area contributed by atoms with Crippen LogP contribution in [0.3, 0.4) is 0 Å². The number of para-hydroxylation sites is 1. The Balaban J connectivity index is 1.81. The van der Waals surface area contributed by atoms with Gasteiger partial charge < -0.3 is 15.2 Å². The van der Waals surface area contributed by atoms with Crippen molar-refractivity contribution in [1.82, 2.24) is 20.3 Å². The summed E-state index contributed by atoms with van der Waals surface area (Å²) in [4.78, 5) is 28.0. The third-order valence-electron chi connectivity index (χ3n) is 5.74. The van der Waals surface area contributed by atoms with E-state index in [1.54, 1.807) is 0 Å². The van der Waals surface area contributed by atoms with Crippen molar-refractivity contribution in [2.24, 2.45) is 0 Å². The van der Waals surface area contributed by atoms with Crippen molar-refractivity contribution in [3.8, 4) is 11.3 Å². The minimum atomic E-state index is -0.0101. The van der Waals surface area contributed by atoms with E-state index in [9.17, 15) is 4.79 Å². The zero-order valence-electron chi connectivity index (χ0n) is 16.3. The van der Waals surface area contributed by atoms with E-state index < -0.39 is 0 Å². The molecule has 1 atom stereocenters. The maximum Gasteiger partial charge on any atom is 0.253 e. The van der Waals surface area contributed by atoms with Gasteiger partial charge in [0, 0.05) is 43.0 Å². The van der Waals surface area contributed by atoms with Crippen LogP contribution in [0.15, 0.2) is 35.9 Å². The van der Waals surface area contributed by atoms with E-state index in [0.717, 1.165) is 58.0 Å². The van der Waals surface area contributed by atoms with Gasteiger partial charge >= 0.3 is 0 Å². The SMILES string of the molecule is CC1=CCC2CNC(=O)c3cc([nH]c32)-c2cccc3nc(C)c(nc23)N(C)C1. The minimum Gasteiger partial charge on any atom is -0.357 e. The number of rotatable bonds is 0. The van der Waals surface area contributed by atoms with Crippen molar-refractivity contribution in [3.05, 3.63) is 52.9 Å². The van der Waals surface area contributed by atoms with Gasteiger partial charge in [-0.15, -0.1) is 0 Å². The number of fused-ring (bicyclic) bond motifs is 3. The molecular formula is C22H23N5O. The van der Waals surface area contributed by atoms with E-state index >= 15 is 0 Å². The largest absolute Gasteiger partial charge is 0.357 e. The zero-order chi connectivity index (χ0) is 19.4. The molecule has 2 aromatic heterocycles. The van der Waals surface area contributed by atoms with Crippen LogP contribution >= 0.6 is 0 Å². The molecule has 142 valence electrons. The Labute approximate surface area is 163 Å². The molecule has 1 amide bonds. The molecule has 2 aliphatic rings. The molecule has 6 nitrogen and oxygen atoms in total. The zero-order valence-corrected chi connectivity index (χ0v) is 16.3. The molecule has 2 N–H and O–H groups in total. The molecule has 1 unspecified atom stereocenters. The number of amides is 1. The van der Waals surface area contributed by atoms with Gasteiger partial charge in [0.1, 0.15) is 5.52 Å². The summed E-state index contributed by atoms with van der Waals surface area (Å²) in [5.74, 6) is 1.13. The second-order valence-electron chi connectivity index (χ2n) is 7.87. The number of carbonyl (C=O) groups is 1. The van der Waals surface area contributed by atoms with E-state index in [4.69, 9.17) is 9.97 Å². The lowest BCUT2D eigenvalue weighted by molar-refractivity contribution is 0.0940. The summed E-state index contributed by atoms with van der Waals surface area (Å²) < 4.78 is 0. The standard InChI is InChI=1S/C22H23N5O/c1-12-7-8-14-10-23-22(28)16-9-18(25-19(14)16)15-5-4-6-17-20(15)26-21(13(2)24-17)27(3)11-12/h4-7,9,14,25H,8,10-11H2,1-3H3,(H,23,28). The highest BCUT2D eigenvalue weighted by molar-refractivity contribution is 6.00. The second kappa shape index (κ2) is 6.19. The Morgan fingerprint density at radius 3 is 2.89 bits per heavy atom. The van der Waals surface area contributed by atoms with Crippen LogP contribution < -0.4 is 10.2 Å². The minimum absolute atomic E-state index is 0.0101. The van der Waals surface area contributed by atoms with Crippen LogP contribution in [0.1, 0.15) is 41.0 Å². The molecule has 4 bridgehead atoms. The quantitative estimate of drug-likeness (QED) is 0.591. The molecule has 0 aliphatic carbocycles. The number of hydrogen-bond acceptors (Lipinski definition) is 4. The number of aromatic nitrogens is 3. The first kappa shape index (κ1) is 17.0. The number of nitrogens with zero attached hydrogens (tertiary/aromatic N) is 3. The van der Waals surface area contributed by atoms with E-state index in [1.165, 1.54) is 5.57 Å². The fourth-order valence-corrected chi connectivity index (χ4v) is 4.33. The first-order valence-electron chi connectivity index (χ1n) is 9.67. The summed E-state index contributed by atoms with van der Waals surface area (Å²) in [6.07, 6.45) is 3.16. The Bertz CT molecular complexity index is 1140. The number of aromatic amines is 1. The molecule has 4 heterocycles. The van der Waals surface area contributed by atoms with Crippen LogP contribution in [0.2, 0.25) is 0 Å². The summed E-state index contributed by atoms with van der Waals surface area (Å²) in [5, 5.41) is 3.03. The normalized spacial score (nSPS) is 19.0. The number of anilines is 1. The van der Waals surface area contributed by atoms with Gasteiger partial charge in [-0.25, -0.2) is 9.97 Å². The lowest BCUT2D eigenvalue weighted by Crippen LogP contribution is -2.34. The summed E-state index contributed by atoms with van der Waals surface area (Å²) >= 11 is 0. The molecule has 2 aliphatic heterocycles. The first-order valence-corrected chi connectivity index (χ1v) is 9.67. The van der Waals surface area contributed by atoms with Gasteiger partial charge in [-0.3, -0.25) is 4.79 Å². The molecule has 0 fully saturated rings. The van der Waals surface area contributed by atoms with E-state index in [-0.39, 0.29) is 11.8 Å². The Morgan fingerprint density at radius 2 is 2.04 bits per heavy atom. The smallest absolute Gasteiger partial charge is 0.253 e. The number of hydrogen-bond donors (Lipinski definition) is 2. The van der Waals surface area contributed by atoms with Crippen molar-refractivity contribution in [3.63, 3.8) is 0 Å². The van der Waals surface area contributed by atoms with Gasteiger partial charge in [0.2, 0.25) is 0 Å². The highest BCUT2D eigenvalue weighted by atomic mass is 16.1. The fourth-order valence-electron chi connectivity index (χ4n) is 4.33. The van der Waals surface area contributed by atoms with Crippen molar-refractivity contribution in [1.29, 1.82) is 0 Å². The Kier molecular flexibility index (Phi) is 3.75. The predicted octanol–water partition coefficient (Wildman–Crippen LogP) is 3.55. The molecule has 0 radical (unpaired) electrons. The molecular weight excluding hydrogens is 350 g/mol. The summed E-state index contributed by atoms with van der Waals surface area (Å²) in [6.45, 7) is 5.60. The predicted molar refractivity (Wildman–Crippen MR) is 111 cm³/mol. The number of nitrogens with one attached hydrogen (secondary N) is 2. The van der Waals surface area contributed by atoms with Crippen LogP contribution in [0.5, 0.6) is 0 Å². The van der Waals surface area contributed by atoms with Crippen LogP contribution in [0, 0.1) is 6.92 Å². The van der Waals surface area contributed by atoms with Gasteiger partial charge in [0.15, 0.2) is 5.82 Å². The highest BCUT2D eigenvalue weighted by Gasteiger charge is 2.28. The molecule has 1 aromatic carbocycles. The third-order valence-corrected chi connectivity index (χ3v) is 5.74. The van der Waals surface area contributed by atoms with Crippen molar-refractivity contribution < 1.29 is 4.79 Å². The van der Waals surface area contributed by atoms with E-state index in [1.807, 2.05) is 31.2 Å². The monoisotopic (exact) mass is 373 g/mol.